The molecule has 1 unspecified atom stereocenters. The van der Waals surface area contributed by atoms with Crippen LogP contribution in [0.1, 0.15) is 39.1 Å². The summed E-state index contributed by atoms with van der Waals surface area (Å²) in [6.45, 7) is 6.75. The molecule has 0 saturated heterocycles. The van der Waals surface area contributed by atoms with E-state index < -0.39 is 0 Å². The normalized spacial score (nSPS) is 13.4. The minimum atomic E-state index is 0.440. The van der Waals surface area contributed by atoms with E-state index in [-0.39, 0.29) is 0 Å². The number of imidazole rings is 1. The van der Waals surface area contributed by atoms with Crippen LogP contribution in [0.2, 0.25) is 0 Å². The lowest BCUT2D eigenvalue weighted by Crippen LogP contribution is -2.12. The number of halogens is 1. The zero-order chi connectivity index (χ0) is 13.1. The highest BCUT2D eigenvalue weighted by Gasteiger charge is 2.16. The summed E-state index contributed by atoms with van der Waals surface area (Å²) < 4.78 is 2.32. The molecule has 0 aliphatic heterocycles. The van der Waals surface area contributed by atoms with Crippen LogP contribution in [0.15, 0.2) is 18.5 Å². The van der Waals surface area contributed by atoms with E-state index in [9.17, 15) is 0 Å². The fourth-order valence-corrected chi connectivity index (χ4v) is 2.71. The molecule has 98 valence electrons. The van der Waals surface area contributed by atoms with E-state index in [0.29, 0.717) is 17.8 Å². The molecule has 0 amide bonds. The molecule has 1 atom stereocenters. The Hall–Kier alpha value is -1.09. The topological polar surface area (TPSA) is 30.7 Å². The van der Waals surface area contributed by atoms with Crippen molar-refractivity contribution in [2.45, 2.75) is 39.7 Å². The Balaban J connectivity index is 2.47. The highest BCUT2D eigenvalue weighted by molar-refractivity contribution is 6.17. The molecule has 0 aliphatic carbocycles. The molecule has 0 saturated carbocycles. The fraction of sp³-hybridized carbons (Fsp3) is 0.571. The first-order chi connectivity index (χ1) is 8.63. The number of hydrogen-bond acceptors (Lipinski definition) is 2. The molecule has 18 heavy (non-hydrogen) atoms. The third-order valence-electron chi connectivity index (χ3n) is 3.14. The van der Waals surface area contributed by atoms with Gasteiger partial charge in [-0.25, -0.2) is 4.98 Å². The van der Waals surface area contributed by atoms with E-state index in [1.54, 1.807) is 0 Å². The van der Waals surface area contributed by atoms with Gasteiger partial charge in [0.15, 0.2) is 0 Å². The Morgan fingerprint density at radius 1 is 1.33 bits per heavy atom. The first-order valence-electron chi connectivity index (χ1n) is 6.50. The number of pyridine rings is 1. The van der Waals surface area contributed by atoms with Crippen LogP contribution < -0.4 is 0 Å². The predicted molar refractivity (Wildman–Crippen MR) is 76.1 cm³/mol. The predicted octanol–water partition coefficient (Wildman–Crippen LogP) is 3.82. The Morgan fingerprint density at radius 3 is 2.78 bits per heavy atom. The molecule has 0 bridgehead atoms. The zero-order valence-corrected chi connectivity index (χ0v) is 12.0. The third kappa shape index (κ3) is 2.66. The number of alkyl halides is 1. The Kier molecular flexibility index (Phi) is 4.23. The molecule has 2 aromatic rings. The lowest BCUT2D eigenvalue weighted by Gasteiger charge is -2.19. The summed E-state index contributed by atoms with van der Waals surface area (Å²) in [5.74, 6) is 2.34. The summed E-state index contributed by atoms with van der Waals surface area (Å²) in [5.41, 5.74) is 2.13. The average molecular weight is 266 g/mol. The molecule has 2 rings (SSSR count). The summed E-state index contributed by atoms with van der Waals surface area (Å²) in [6, 6.07) is 2.48. The van der Waals surface area contributed by atoms with Gasteiger partial charge in [-0.1, -0.05) is 13.8 Å². The number of aryl methyl sites for hydroxylation is 1. The van der Waals surface area contributed by atoms with Crippen molar-refractivity contribution in [2.75, 3.05) is 5.88 Å². The van der Waals surface area contributed by atoms with Crippen molar-refractivity contribution in [1.29, 1.82) is 0 Å². The molecule has 0 aromatic carbocycles. The fourth-order valence-electron chi connectivity index (χ4n) is 2.54. The van der Waals surface area contributed by atoms with Gasteiger partial charge in [-0.2, -0.15) is 0 Å². The Morgan fingerprint density at radius 2 is 2.11 bits per heavy atom. The second-order valence-electron chi connectivity index (χ2n) is 5.18. The minimum Gasteiger partial charge on any atom is -0.325 e. The molecule has 3 nitrogen and oxygen atoms in total. The van der Waals surface area contributed by atoms with E-state index >= 15 is 0 Å². The van der Waals surface area contributed by atoms with Gasteiger partial charge in [0, 0.05) is 24.5 Å². The molecule has 0 N–H and O–H groups in total. The van der Waals surface area contributed by atoms with Crippen molar-refractivity contribution in [3.8, 4) is 0 Å². The van der Waals surface area contributed by atoms with E-state index in [2.05, 4.69) is 35.3 Å². The van der Waals surface area contributed by atoms with Crippen LogP contribution in [0.4, 0.5) is 0 Å². The maximum atomic E-state index is 5.88. The second-order valence-corrected chi connectivity index (χ2v) is 5.56. The van der Waals surface area contributed by atoms with Gasteiger partial charge in [-0.3, -0.25) is 4.98 Å². The van der Waals surface area contributed by atoms with Gasteiger partial charge in [0.05, 0.1) is 11.7 Å². The molecule has 0 spiro atoms. The van der Waals surface area contributed by atoms with Gasteiger partial charge >= 0.3 is 0 Å². The molecular formula is C14H20ClN3. The first-order valence-corrected chi connectivity index (χ1v) is 7.03. The summed E-state index contributed by atoms with van der Waals surface area (Å²) in [6.07, 6.45) is 5.60. The van der Waals surface area contributed by atoms with Gasteiger partial charge in [-0.15, -0.1) is 11.6 Å². The maximum absolute atomic E-state index is 5.88. The monoisotopic (exact) mass is 265 g/mol. The quantitative estimate of drug-likeness (QED) is 0.770. The third-order valence-corrected chi connectivity index (χ3v) is 3.33. The first kappa shape index (κ1) is 13.3. The summed E-state index contributed by atoms with van der Waals surface area (Å²) in [5, 5.41) is 0. The molecular weight excluding hydrogens is 246 g/mol. The van der Waals surface area contributed by atoms with Crippen LogP contribution in [0.5, 0.6) is 0 Å². The lowest BCUT2D eigenvalue weighted by molar-refractivity contribution is 0.426. The smallest absolute Gasteiger partial charge is 0.111 e. The van der Waals surface area contributed by atoms with Crippen LogP contribution in [0.3, 0.4) is 0 Å². The van der Waals surface area contributed by atoms with E-state index in [4.69, 9.17) is 11.6 Å². The minimum absolute atomic E-state index is 0.440. The van der Waals surface area contributed by atoms with Crippen molar-refractivity contribution in [2.24, 2.45) is 5.92 Å². The Bertz CT molecular complexity index is 519. The largest absolute Gasteiger partial charge is 0.325 e. The lowest BCUT2D eigenvalue weighted by atomic mass is 10.0. The molecule has 4 heteroatoms. The van der Waals surface area contributed by atoms with Crippen molar-refractivity contribution in [3.05, 3.63) is 24.3 Å². The summed E-state index contributed by atoms with van der Waals surface area (Å²) in [4.78, 5) is 8.79. The van der Waals surface area contributed by atoms with E-state index in [1.165, 1.54) is 5.52 Å². The summed E-state index contributed by atoms with van der Waals surface area (Å²) in [7, 11) is 0. The standard InChI is InChI=1S/C14H20ClN3/c1-10(2)8-11(3)18-13-5-7-16-9-12(13)17-14(18)4-6-15/h5,7,9-11H,4,6,8H2,1-3H3. The molecule has 0 aliphatic rings. The number of nitrogens with zero attached hydrogens (tertiary/aromatic N) is 3. The van der Waals surface area contributed by atoms with E-state index in [1.807, 2.05) is 18.5 Å². The molecule has 2 aromatic heterocycles. The van der Waals surface area contributed by atoms with Crippen LogP contribution in [0, 0.1) is 5.92 Å². The molecule has 2 heterocycles. The van der Waals surface area contributed by atoms with Crippen LogP contribution >= 0.6 is 11.6 Å². The zero-order valence-electron chi connectivity index (χ0n) is 11.2. The van der Waals surface area contributed by atoms with Crippen LogP contribution in [-0.2, 0) is 6.42 Å². The molecule has 0 radical (unpaired) electrons. The van der Waals surface area contributed by atoms with Crippen LogP contribution in [0.25, 0.3) is 11.0 Å². The highest BCUT2D eigenvalue weighted by atomic mass is 35.5. The van der Waals surface area contributed by atoms with Crippen LogP contribution in [-0.4, -0.2) is 20.4 Å². The van der Waals surface area contributed by atoms with Gasteiger partial charge in [0.25, 0.3) is 0 Å². The maximum Gasteiger partial charge on any atom is 0.111 e. The van der Waals surface area contributed by atoms with Crippen molar-refractivity contribution < 1.29 is 0 Å². The molecule has 0 fully saturated rings. The summed E-state index contributed by atoms with van der Waals surface area (Å²) >= 11 is 5.88. The number of hydrogen-bond donors (Lipinski definition) is 0. The highest BCUT2D eigenvalue weighted by Crippen LogP contribution is 2.25. The Labute approximate surface area is 113 Å². The van der Waals surface area contributed by atoms with Gasteiger partial charge in [0.2, 0.25) is 0 Å². The van der Waals surface area contributed by atoms with Gasteiger partial charge < -0.3 is 4.57 Å². The van der Waals surface area contributed by atoms with Crippen molar-refractivity contribution in [1.82, 2.24) is 14.5 Å². The van der Waals surface area contributed by atoms with Gasteiger partial charge in [-0.05, 0) is 25.3 Å². The van der Waals surface area contributed by atoms with E-state index in [0.717, 1.165) is 24.2 Å². The van der Waals surface area contributed by atoms with Crippen molar-refractivity contribution >= 4 is 22.6 Å². The number of fused-ring (bicyclic) bond motifs is 1. The average Bonchev–Trinajstić information content (AvgIpc) is 2.66. The van der Waals surface area contributed by atoms with Gasteiger partial charge in [0.1, 0.15) is 11.3 Å². The SMILES string of the molecule is CC(C)CC(C)n1c(CCCl)nc2cnccc21. The number of rotatable bonds is 5. The van der Waals surface area contributed by atoms with Crippen molar-refractivity contribution in [3.63, 3.8) is 0 Å². The second kappa shape index (κ2) is 5.70. The number of aromatic nitrogens is 3.